The van der Waals surface area contributed by atoms with Crippen molar-refractivity contribution in [3.8, 4) is 11.5 Å². The Kier molecular flexibility index (Phi) is 5.01. The van der Waals surface area contributed by atoms with Crippen molar-refractivity contribution in [1.82, 2.24) is 5.32 Å². The van der Waals surface area contributed by atoms with Crippen LogP contribution in [-0.2, 0) is 9.47 Å². The van der Waals surface area contributed by atoms with Crippen LogP contribution in [0.3, 0.4) is 0 Å². The first-order valence-electron chi connectivity index (χ1n) is 6.38. The van der Waals surface area contributed by atoms with Gasteiger partial charge in [0.15, 0.2) is 6.29 Å². The molecule has 19 heavy (non-hydrogen) atoms. The smallest absolute Gasteiger partial charge is 0.169 e. The first-order chi connectivity index (χ1) is 9.28. The van der Waals surface area contributed by atoms with Gasteiger partial charge in [-0.1, -0.05) is 0 Å². The molecule has 5 heteroatoms. The van der Waals surface area contributed by atoms with E-state index < -0.39 is 0 Å². The molecule has 0 amide bonds. The quantitative estimate of drug-likeness (QED) is 0.795. The topological polar surface area (TPSA) is 49.0 Å². The van der Waals surface area contributed by atoms with Crippen LogP contribution < -0.4 is 14.8 Å². The van der Waals surface area contributed by atoms with Crippen LogP contribution in [0.1, 0.15) is 18.0 Å². The van der Waals surface area contributed by atoms with E-state index in [0.717, 1.165) is 23.5 Å². The molecule has 1 heterocycles. The molecule has 1 unspecified atom stereocenters. The molecule has 0 bridgehead atoms. The molecular weight excluding hydrogens is 246 g/mol. The Morgan fingerprint density at radius 1 is 1.32 bits per heavy atom. The number of benzene rings is 1. The summed E-state index contributed by atoms with van der Waals surface area (Å²) >= 11 is 0. The molecule has 1 aliphatic rings. The molecule has 2 rings (SSSR count). The van der Waals surface area contributed by atoms with Crippen LogP contribution in [0.15, 0.2) is 18.2 Å². The molecular formula is C14H21NO4. The minimum Gasteiger partial charge on any atom is -0.497 e. The highest BCUT2D eigenvalue weighted by molar-refractivity contribution is 5.43. The summed E-state index contributed by atoms with van der Waals surface area (Å²) in [5.41, 5.74) is 1.12. The summed E-state index contributed by atoms with van der Waals surface area (Å²) in [6.45, 7) is 1.34. The van der Waals surface area contributed by atoms with Crippen LogP contribution in [0.4, 0.5) is 0 Å². The fourth-order valence-electron chi connectivity index (χ4n) is 2.21. The van der Waals surface area contributed by atoms with E-state index in [1.807, 2.05) is 18.2 Å². The lowest BCUT2D eigenvalue weighted by atomic mass is 10.00. The highest BCUT2D eigenvalue weighted by atomic mass is 16.7. The Morgan fingerprint density at radius 2 is 2.11 bits per heavy atom. The van der Waals surface area contributed by atoms with Gasteiger partial charge in [0.2, 0.25) is 0 Å². The summed E-state index contributed by atoms with van der Waals surface area (Å²) < 4.78 is 21.3. The maximum atomic E-state index is 5.65. The zero-order chi connectivity index (χ0) is 13.7. The molecule has 1 aromatic carbocycles. The molecule has 0 fully saturated rings. The van der Waals surface area contributed by atoms with Gasteiger partial charge in [-0.05, 0) is 18.2 Å². The van der Waals surface area contributed by atoms with Crippen molar-refractivity contribution in [3.05, 3.63) is 23.8 Å². The molecule has 5 nitrogen and oxygen atoms in total. The van der Waals surface area contributed by atoms with Gasteiger partial charge in [-0.15, -0.1) is 0 Å². The average Bonchev–Trinajstić information content (AvgIpc) is 2.47. The molecule has 0 aromatic heterocycles. The molecule has 1 aliphatic heterocycles. The lowest BCUT2D eigenvalue weighted by Crippen LogP contribution is -2.34. The van der Waals surface area contributed by atoms with E-state index in [4.69, 9.17) is 18.9 Å². The van der Waals surface area contributed by atoms with Crippen LogP contribution >= 0.6 is 0 Å². The first-order valence-corrected chi connectivity index (χ1v) is 6.38. The fraction of sp³-hybridized carbons (Fsp3) is 0.571. The van der Waals surface area contributed by atoms with Crippen molar-refractivity contribution in [3.63, 3.8) is 0 Å². The lowest BCUT2D eigenvalue weighted by Gasteiger charge is -2.28. The van der Waals surface area contributed by atoms with Crippen LogP contribution in [0.25, 0.3) is 0 Å². The predicted octanol–water partition coefficient (Wildman–Crippen LogP) is 1.73. The van der Waals surface area contributed by atoms with E-state index in [0.29, 0.717) is 13.2 Å². The summed E-state index contributed by atoms with van der Waals surface area (Å²) in [5, 5.41) is 3.45. The van der Waals surface area contributed by atoms with Crippen molar-refractivity contribution in [2.24, 2.45) is 0 Å². The Balaban J connectivity index is 2.08. The second kappa shape index (κ2) is 6.75. The highest BCUT2D eigenvalue weighted by Crippen LogP contribution is 2.34. The van der Waals surface area contributed by atoms with E-state index in [1.54, 1.807) is 21.3 Å². The number of rotatable bonds is 6. The largest absolute Gasteiger partial charge is 0.497 e. The monoisotopic (exact) mass is 267 g/mol. The Labute approximate surface area is 113 Å². The van der Waals surface area contributed by atoms with Gasteiger partial charge in [-0.3, -0.25) is 0 Å². The second-order valence-electron chi connectivity index (χ2n) is 4.40. The normalized spacial score (nSPS) is 18.0. The van der Waals surface area contributed by atoms with Gasteiger partial charge in [0.1, 0.15) is 11.5 Å². The summed E-state index contributed by atoms with van der Waals surface area (Å²) in [7, 11) is 4.94. The third kappa shape index (κ3) is 3.37. The van der Waals surface area contributed by atoms with Crippen LogP contribution in [0.5, 0.6) is 11.5 Å². The fourth-order valence-corrected chi connectivity index (χ4v) is 2.21. The highest BCUT2D eigenvalue weighted by Gasteiger charge is 2.22. The van der Waals surface area contributed by atoms with Crippen LogP contribution in [0.2, 0.25) is 0 Å². The number of nitrogens with one attached hydrogen (secondary N) is 1. The van der Waals surface area contributed by atoms with E-state index in [9.17, 15) is 0 Å². The SMILES string of the molecule is COc1ccc2c(c1)C(NCC(OC)OC)CCO2. The molecule has 1 aromatic rings. The number of ether oxygens (including phenoxy) is 4. The third-order valence-corrected chi connectivity index (χ3v) is 3.31. The number of methoxy groups -OCH3 is 3. The minimum absolute atomic E-state index is 0.228. The van der Waals surface area contributed by atoms with Crippen molar-refractivity contribution >= 4 is 0 Å². The summed E-state index contributed by atoms with van der Waals surface area (Å²) in [4.78, 5) is 0. The van der Waals surface area contributed by atoms with E-state index >= 15 is 0 Å². The van der Waals surface area contributed by atoms with Crippen molar-refractivity contribution < 1.29 is 18.9 Å². The van der Waals surface area contributed by atoms with Crippen molar-refractivity contribution in [2.45, 2.75) is 18.8 Å². The van der Waals surface area contributed by atoms with Gasteiger partial charge in [0, 0.05) is 38.8 Å². The van der Waals surface area contributed by atoms with Gasteiger partial charge >= 0.3 is 0 Å². The maximum Gasteiger partial charge on any atom is 0.169 e. The van der Waals surface area contributed by atoms with Gasteiger partial charge in [-0.2, -0.15) is 0 Å². The molecule has 0 saturated carbocycles. The molecule has 1 atom stereocenters. The van der Waals surface area contributed by atoms with E-state index in [-0.39, 0.29) is 12.3 Å². The maximum absolute atomic E-state index is 5.65. The number of hydrogen-bond acceptors (Lipinski definition) is 5. The zero-order valence-corrected chi connectivity index (χ0v) is 11.6. The Morgan fingerprint density at radius 3 is 2.79 bits per heavy atom. The molecule has 1 N–H and O–H groups in total. The van der Waals surface area contributed by atoms with Gasteiger partial charge in [0.25, 0.3) is 0 Å². The van der Waals surface area contributed by atoms with Gasteiger partial charge < -0.3 is 24.3 Å². The number of hydrogen-bond donors (Lipinski definition) is 1. The zero-order valence-electron chi connectivity index (χ0n) is 11.6. The average molecular weight is 267 g/mol. The summed E-state index contributed by atoms with van der Waals surface area (Å²) in [5.74, 6) is 1.75. The molecule has 0 spiro atoms. The van der Waals surface area contributed by atoms with E-state index in [1.165, 1.54) is 0 Å². The Bertz CT molecular complexity index is 406. The third-order valence-electron chi connectivity index (χ3n) is 3.31. The molecule has 0 aliphatic carbocycles. The molecule has 106 valence electrons. The van der Waals surface area contributed by atoms with E-state index in [2.05, 4.69) is 5.32 Å². The Hall–Kier alpha value is -1.30. The first kappa shape index (κ1) is 14.1. The summed E-state index contributed by atoms with van der Waals surface area (Å²) in [6, 6.07) is 6.10. The standard InChI is InChI=1S/C14H21NO4/c1-16-10-4-5-13-11(8-10)12(6-7-19-13)15-9-14(17-2)18-3/h4-5,8,12,14-15H,6-7,9H2,1-3H3. The van der Waals surface area contributed by atoms with Gasteiger partial charge in [0.05, 0.1) is 13.7 Å². The lowest BCUT2D eigenvalue weighted by molar-refractivity contribution is -0.100. The van der Waals surface area contributed by atoms with Crippen LogP contribution in [-0.4, -0.2) is 40.8 Å². The van der Waals surface area contributed by atoms with Crippen molar-refractivity contribution in [2.75, 3.05) is 34.5 Å². The number of fused-ring (bicyclic) bond motifs is 1. The van der Waals surface area contributed by atoms with Crippen LogP contribution in [0, 0.1) is 0 Å². The van der Waals surface area contributed by atoms with Gasteiger partial charge in [-0.25, -0.2) is 0 Å². The minimum atomic E-state index is -0.239. The second-order valence-corrected chi connectivity index (χ2v) is 4.40. The predicted molar refractivity (Wildman–Crippen MR) is 71.7 cm³/mol. The summed E-state index contributed by atoms with van der Waals surface area (Å²) in [6.07, 6.45) is 0.678. The molecule has 0 radical (unpaired) electrons. The molecule has 0 saturated heterocycles. The van der Waals surface area contributed by atoms with Crippen molar-refractivity contribution in [1.29, 1.82) is 0 Å².